The topological polar surface area (TPSA) is 94.5 Å². The van der Waals surface area contributed by atoms with Crippen molar-refractivity contribution >= 4 is 23.6 Å². The molecule has 166 valence electrons. The van der Waals surface area contributed by atoms with Crippen molar-refractivity contribution in [2.24, 2.45) is 0 Å². The molecular weight excluding hydrogens is 415 g/mol. The first-order valence-corrected chi connectivity index (χ1v) is 9.91. The number of carbonyl (C=O) groups is 2. The molecule has 3 aromatic rings. The Bertz CT molecular complexity index is 1130. The highest BCUT2D eigenvalue weighted by atomic mass is 19.1. The maximum atomic E-state index is 13.9. The number of anilines is 2. The van der Waals surface area contributed by atoms with E-state index in [0.717, 1.165) is 4.90 Å². The number of aromatic nitrogens is 3. The largest absolute Gasteiger partial charge is 0.462 e. The zero-order valence-electron chi connectivity index (χ0n) is 18.2. The third kappa shape index (κ3) is 5.63. The molecule has 0 aliphatic carbocycles. The van der Waals surface area contributed by atoms with Crippen molar-refractivity contribution in [2.45, 2.75) is 33.3 Å². The Kier molecular flexibility index (Phi) is 6.77. The molecule has 0 bridgehead atoms. The van der Waals surface area contributed by atoms with Crippen molar-refractivity contribution in [1.82, 2.24) is 15.0 Å². The highest BCUT2D eigenvalue weighted by molar-refractivity contribution is 5.95. The first-order valence-electron chi connectivity index (χ1n) is 9.91. The third-order valence-corrected chi connectivity index (χ3v) is 4.04. The van der Waals surface area contributed by atoms with Crippen LogP contribution in [0.15, 0.2) is 55.1 Å². The van der Waals surface area contributed by atoms with Gasteiger partial charge in [-0.2, -0.15) is 0 Å². The molecule has 0 fully saturated rings. The van der Waals surface area contributed by atoms with Crippen LogP contribution in [0.4, 0.5) is 20.7 Å². The number of benzene rings is 1. The Morgan fingerprint density at radius 1 is 1.06 bits per heavy atom. The zero-order chi connectivity index (χ0) is 23.3. The number of rotatable bonds is 5. The molecule has 1 amide bonds. The predicted octanol–water partition coefficient (Wildman–Crippen LogP) is 4.93. The van der Waals surface area contributed by atoms with Gasteiger partial charge in [-0.15, -0.1) is 0 Å². The van der Waals surface area contributed by atoms with Crippen LogP contribution in [-0.2, 0) is 9.47 Å². The molecule has 0 aliphatic heterocycles. The fourth-order valence-electron chi connectivity index (χ4n) is 2.76. The van der Waals surface area contributed by atoms with Crippen molar-refractivity contribution in [1.29, 1.82) is 0 Å². The van der Waals surface area contributed by atoms with Crippen LogP contribution in [0, 0.1) is 5.82 Å². The Morgan fingerprint density at radius 2 is 1.81 bits per heavy atom. The van der Waals surface area contributed by atoms with E-state index in [1.54, 1.807) is 39.8 Å². The van der Waals surface area contributed by atoms with E-state index < -0.39 is 23.5 Å². The molecule has 0 spiro atoms. The van der Waals surface area contributed by atoms with Gasteiger partial charge in [-0.05, 0) is 52.0 Å². The van der Waals surface area contributed by atoms with E-state index in [4.69, 9.17) is 9.47 Å². The lowest BCUT2D eigenvalue weighted by molar-refractivity contribution is 0.0524. The van der Waals surface area contributed by atoms with Gasteiger partial charge >= 0.3 is 12.1 Å². The highest BCUT2D eigenvalue weighted by Gasteiger charge is 2.27. The van der Waals surface area contributed by atoms with Crippen molar-refractivity contribution < 1.29 is 23.5 Å². The average Bonchev–Trinajstić information content (AvgIpc) is 2.73. The molecule has 3 rings (SSSR count). The van der Waals surface area contributed by atoms with Crippen molar-refractivity contribution in [3.8, 4) is 11.3 Å². The van der Waals surface area contributed by atoms with Crippen molar-refractivity contribution in [3.63, 3.8) is 0 Å². The van der Waals surface area contributed by atoms with Gasteiger partial charge in [0.05, 0.1) is 35.9 Å². The van der Waals surface area contributed by atoms with Gasteiger partial charge < -0.3 is 9.47 Å². The average molecular weight is 438 g/mol. The molecule has 1 aromatic carbocycles. The van der Waals surface area contributed by atoms with E-state index in [-0.39, 0.29) is 23.7 Å². The Hall–Kier alpha value is -3.88. The lowest BCUT2D eigenvalue weighted by Crippen LogP contribution is -2.34. The quantitative estimate of drug-likeness (QED) is 0.521. The summed E-state index contributed by atoms with van der Waals surface area (Å²) in [7, 11) is 0. The lowest BCUT2D eigenvalue weighted by Gasteiger charge is -2.26. The molecular formula is C23H23FN4O4. The van der Waals surface area contributed by atoms with Crippen LogP contribution < -0.4 is 4.90 Å². The summed E-state index contributed by atoms with van der Waals surface area (Å²) in [5.74, 6) is -0.920. The molecule has 2 aromatic heterocycles. The van der Waals surface area contributed by atoms with Gasteiger partial charge in [0.2, 0.25) is 0 Å². The van der Waals surface area contributed by atoms with Gasteiger partial charge in [0.1, 0.15) is 11.4 Å². The van der Waals surface area contributed by atoms with Crippen molar-refractivity contribution in [2.75, 3.05) is 11.5 Å². The lowest BCUT2D eigenvalue weighted by atomic mass is 10.1. The minimum atomic E-state index is -0.786. The van der Waals surface area contributed by atoms with Crippen LogP contribution in [-0.4, -0.2) is 39.2 Å². The second-order valence-electron chi connectivity index (χ2n) is 7.74. The summed E-state index contributed by atoms with van der Waals surface area (Å²) < 4.78 is 24.4. The molecule has 0 atom stereocenters. The Labute approximate surface area is 185 Å². The number of hydrogen-bond acceptors (Lipinski definition) is 7. The number of esters is 1. The zero-order valence-corrected chi connectivity index (χ0v) is 18.2. The van der Waals surface area contributed by atoms with E-state index in [2.05, 4.69) is 15.0 Å². The summed E-state index contributed by atoms with van der Waals surface area (Å²) in [6.07, 6.45) is 4.98. The molecule has 0 radical (unpaired) electrons. The van der Waals surface area contributed by atoms with Gasteiger partial charge in [-0.25, -0.2) is 23.9 Å². The first-order chi connectivity index (χ1) is 15.2. The van der Waals surface area contributed by atoms with Crippen LogP contribution in [0.1, 0.15) is 38.1 Å². The number of pyridine rings is 1. The molecule has 8 nitrogen and oxygen atoms in total. The minimum Gasteiger partial charge on any atom is -0.462 e. The summed E-state index contributed by atoms with van der Waals surface area (Å²) in [6, 6.07) is 7.07. The number of halogens is 1. The number of carbonyl (C=O) groups excluding carboxylic acids is 2. The normalized spacial score (nSPS) is 11.0. The van der Waals surface area contributed by atoms with Gasteiger partial charge in [0.15, 0.2) is 5.82 Å². The second kappa shape index (κ2) is 9.51. The van der Waals surface area contributed by atoms with Gasteiger partial charge in [-0.3, -0.25) is 9.97 Å². The van der Waals surface area contributed by atoms with E-state index >= 15 is 0 Å². The molecule has 0 saturated carbocycles. The number of nitrogens with zero attached hydrogens (tertiary/aromatic N) is 4. The first kappa shape index (κ1) is 22.8. The number of amides is 1. The van der Waals surface area contributed by atoms with E-state index in [1.807, 2.05) is 0 Å². The number of hydrogen-bond donors (Lipinski definition) is 0. The maximum Gasteiger partial charge on any atom is 0.420 e. The molecule has 0 unspecified atom stereocenters. The van der Waals surface area contributed by atoms with Gasteiger partial charge in [-0.1, -0.05) is 6.07 Å². The van der Waals surface area contributed by atoms with Crippen LogP contribution >= 0.6 is 0 Å². The molecule has 0 saturated heterocycles. The van der Waals surface area contributed by atoms with Crippen LogP contribution in [0.3, 0.4) is 0 Å². The van der Waals surface area contributed by atoms with Crippen LogP contribution in [0.25, 0.3) is 11.3 Å². The molecule has 32 heavy (non-hydrogen) atoms. The minimum absolute atomic E-state index is 0.115. The van der Waals surface area contributed by atoms with E-state index in [1.165, 1.54) is 43.0 Å². The molecule has 0 aliphatic rings. The maximum absolute atomic E-state index is 13.9. The second-order valence-corrected chi connectivity index (χ2v) is 7.74. The Balaban J connectivity index is 2.04. The molecule has 2 heterocycles. The van der Waals surface area contributed by atoms with Crippen LogP contribution in [0.2, 0.25) is 0 Å². The van der Waals surface area contributed by atoms with Crippen molar-refractivity contribution in [3.05, 3.63) is 66.5 Å². The molecule has 9 heteroatoms. The number of ether oxygens (including phenoxy) is 2. The fourth-order valence-corrected chi connectivity index (χ4v) is 2.76. The van der Waals surface area contributed by atoms with Crippen LogP contribution in [0.5, 0.6) is 0 Å². The third-order valence-electron chi connectivity index (χ3n) is 4.04. The fraction of sp³-hybridized carbons (Fsp3) is 0.261. The predicted molar refractivity (Wildman–Crippen MR) is 116 cm³/mol. The molecule has 0 N–H and O–H groups in total. The SMILES string of the molecule is CCOC(=O)c1cncc(-c2cncc(N(C(=O)OC(C)(C)C)c3cccc(F)c3)n2)c1. The summed E-state index contributed by atoms with van der Waals surface area (Å²) in [6.45, 7) is 7.12. The highest BCUT2D eigenvalue weighted by Crippen LogP contribution is 2.28. The van der Waals surface area contributed by atoms with E-state index in [9.17, 15) is 14.0 Å². The summed E-state index contributed by atoms with van der Waals surface area (Å²) in [5.41, 5.74) is 0.542. The monoisotopic (exact) mass is 438 g/mol. The van der Waals surface area contributed by atoms with Gasteiger partial charge in [0.25, 0.3) is 0 Å². The summed E-state index contributed by atoms with van der Waals surface area (Å²) >= 11 is 0. The van der Waals surface area contributed by atoms with Gasteiger partial charge in [0, 0.05) is 18.0 Å². The Morgan fingerprint density at radius 3 is 2.50 bits per heavy atom. The smallest absolute Gasteiger partial charge is 0.420 e. The van der Waals surface area contributed by atoms with E-state index in [0.29, 0.717) is 11.3 Å². The standard InChI is InChI=1S/C23H23FN4O4/c1-5-31-21(29)16-9-15(11-25-12-16)19-13-26-14-20(27-19)28(22(30)32-23(2,3)4)18-8-6-7-17(24)10-18/h6-14H,5H2,1-4H3. The summed E-state index contributed by atoms with van der Waals surface area (Å²) in [4.78, 5) is 38.9. The summed E-state index contributed by atoms with van der Waals surface area (Å²) in [5, 5.41) is 0.